The lowest BCUT2D eigenvalue weighted by atomic mass is 10.2. The predicted molar refractivity (Wildman–Crippen MR) is 51.9 cm³/mol. The summed E-state index contributed by atoms with van der Waals surface area (Å²) in [6, 6.07) is 3.35. The van der Waals surface area contributed by atoms with Crippen molar-refractivity contribution >= 4 is 34.8 Å². The van der Waals surface area contributed by atoms with E-state index in [0.29, 0.717) is 16.5 Å². The highest BCUT2D eigenvalue weighted by atomic mass is 35.5. The van der Waals surface area contributed by atoms with Crippen LogP contribution in [0.15, 0.2) is 12.1 Å². The van der Waals surface area contributed by atoms with Crippen LogP contribution in [-0.4, -0.2) is 4.71 Å². The topological polar surface area (TPSA) is 18.5 Å². The molecule has 0 saturated carbocycles. The lowest BCUT2D eigenvalue weighted by molar-refractivity contribution is 0.0849. The van der Waals surface area contributed by atoms with Crippen LogP contribution in [0.25, 0.3) is 0 Å². The molecule has 0 atom stereocenters. The SMILES string of the molecule is Cc1cc2c(cc1Cl)OC(Cl)(Cl)O2. The van der Waals surface area contributed by atoms with Gasteiger partial charge in [0.05, 0.1) is 0 Å². The molecule has 1 aromatic carbocycles. The molecular weight excluding hydrogens is 234 g/mol. The molecule has 1 aliphatic heterocycles. The smallest absolute Gasteiger partial charge is 0.419 e. The van der Waals surface area contributed by atoms with Gasteiger partial charge in [0.2, 0.25) is 0 Å². The Bertz CT molecular complexity index is 330. The molecule has 0 aliphatic carbocycles. The van der Waals surface area contributed by atoms with Crippen LogP contribution in [0.4, 0.5) is 0 Å². The van der Waals surface area contributed by atoms with Gasteiger partial charge in [-0.05, 0) is 41.8 Å². The molecule has 2 rings (SSSR count). The lowest BCUT2D eigenvalue weighted by Crippen LogP contribution is -2.22. The van der Waals surface area contributed by atoms with Gasteiger partial charge in [0.15, 0.2) is 11.5 Å². The highest BCUT2D eigenvalue weighted by molar-refractivity contribution is 6.46. The standard InChI is InChI=1S/C8H5Cl3O2/c1-4-2-6-7(3-5(4)9)13-8(10,11)12-6/h2-3H,1H3. The molecule has 1 aliphatic rings. The molecule has 13 heavy (non-hydrogen) atoms. The van der Waals surface area contributed by atoms with E-state index in [9.17, 15) is 0 Å². The Balaban J connectivity index is 2.48. The van der Waals surface area contributed by atoms with E-state index in [4.69, 9.17) is 44.3 Å². The summed E-state index contributed by atoms with van der Waals surface area (Å²) in [5.74, 6) is 0.965. The second-order valence-electron chi connectivity index (χ2n) is 2.72. The van der Waals surface area contributed by atoms with Gasteiger partial charge in [-0.2, -0.15) is 0 Å². The minimum atomic E-state index is -1.63. The first-order valence-corrected chi connectivity index (χ1v) is 4.67. The fourth-order valence-corrected chi connectivity index (χ4v) is 1.56. The molecule has 0 bridgehead atoms. The van der Waals surface area contributed by atoms with E-state index < -0.39 is 4.71 Å². The van der Waals surface area contributed by atoms with Gasteiger partial charge in [0.1, 0.15) is 0 Å². The number of rotatable bonds is 0. The zero-order valence-electron chi connectivity index (χ0n) is 6.61. The van der Waals surface area contributed by atoms with Gasteiger partial charge < -0.3 is 9.47 Å². The Morgan fingerprint density at radius 1 is 1.15 bits per heavy atom. The Labute approximate surface area is 90.3 Å². The second-order valence-corrected chi connectivity index (χ2v) is 4.31. The summed E-state index contributed by atoms with van der Waals surface area (Å²) in [4.78, 5) is 0. The van der Waals surface area contributed by atoms with Gasteiger partial charge in [-0.3, -0.25) is 0 Å². The quantitative estimate of drug-likeness (QED) is 0.645. The number of ether oxygens (including phenoxy) is 2. The normalized spacial score (nSPS) is 17.5. The zero-order chi connectivity index (χ0) is 9.64. The van der Waals surface area contributed by atoms with E-state index in [1.165, 1.54) is 0 Å². The highest BCUT2D eigenvalue weighted by Crippen LogP contribution is 2.45. The van der Waals surface area contributed by atoms with Crippen molar-refractivity contribution in [1.29, 1.82) is 0 Å². The fraction of sp³-hybridized carbons (Fsp3) is 0.250. The van der Waals surface area contributed by atoms with Crippen molar-refractivity contribution in [2.45, 2.75) is 11.6 Å². The van der Waals surface area contributed by atoms with E-state index in [2.05, 4.69) is 0 Å². The van der Waals surface area contributed by atoms with E-state index in [1.807, 2.05) is 6.92 Å². The summed E-state index contributed by atoms with van der Waals surface area (Å²) in [6.45, 7) is 1.86. The summed E-state index contributed by atoms with van der Waals surface area (Å²) in [7, 11) is 0. The minimum Gasteiger partial charge on any atom is -0.423 e. The summed E-state index contributed by atoms with van der Waals surface area (Å²) < 4.78 is 8.51. The van der Waals surface area contributed by atoms with Crippen LogP contribution in [0.3, 0.4) is 0 Å². The van der Waals surface area contributed by atoms with E-state index >= 15 is 0 Å². The van der Waals surface area contributed by atoms with Crippen LogP contribution < -0.4 is 9.47 Å². The average Bonchev–Trinajstić information content (AvgIpc) is 2.24. The fourth-order valence-electron chi connectivity index (χ4n) is 1.07. The Kier molecular flexibility index (Phi) is 2.02. The first kappa shape index (κ1) is 9.25. The second kappa shape index (κ2) is 2.84. The molecule has 70 valence electrons. The Hall–Kier alpha value is -0.310. The summed E-state index contributed by atoms with van der Waals surface area (Å²) in [5.41, 5.74) is 0.884. The number of alkyl halides is 2. The third-order valence-corrected chi connectivity index (χ3v) is 2.40. The molecule has 5 heteroatoms. The van der Waals surface area contributed by atoms with Gasteiger partial charge in [0, 0.05) is 11.1 Å². The first-order chi connectivity index (χ1) is 5.98. The number of fused-ring (bicyclic) bond motifs is 1. The first-order valence-electron chi connectivity index (χ1n) is 3.54. The molecule has 0 fully saturated rings. The van der Waals surface area contributed by atoms with Crippen molar-refractivity contribution in [3.05, 3.63) is 22.7 Å². The number of hydrogen-bond donors (Lipinski definition) is 0. The Morgan fingerprint density at radius 3 is 2.31 bits per heavy atom. The van der Waals surface area contributed by atoms with E-state index in [1.54, 1.807) is 12.1 Å². The number of hydrogen-bond acceptors (Lipinski definition) is 2. The number of halogens is 3. The number of benzene rings is 1. The van der Waals surface area contributed by atoms with Crippen LogP contribution >= 0.6 is 34.8 Å². The molecule has 1 aromatic rings. The molecule has 1 heterocycles. The van der Waals surface area contributed by atoms with Crippen molar-refractivity contribution in [3.8, 4) is 11.5 Å². The van der Waals surface area contributed by atoms with Gasteiger partial charge >= 0.3 is 4.71 Å². The number of aryl methyl sites for hydroxylation is 1. The third kappa shape index (κ3) is 1.66. The molecular formula is C8H5Cl3O2. The van der Waals surface area contributed by atoms with E-state index in [0.717, 1.165) is 5.56 Å². The highest BCUT2D eigenvalue weighted by Gasteiger charge is 2.38. The van der Waals surface area contributed by atoms with E-state index in [-0.39, 0.29) is 0 Å². The van der Waals surface area contributed by atoms with Gasteiger partial charge in [-0.25, -0.2) is 0 Å². The monoisotopic (exact) mass is 238 g/mol. The van der Waals surface area contributed by atoms with Crippen molar-refractivity contribution in [3.63, 3.8) is 0 Å². The van der Waals surface area contributed by atoms with Crippen LogP contribution in [-0.2, 0) is 0 Å². The molecule has 0 N–H and O–H groups in total. The summed E-state index contributed by atoms with van der Waals surface area (Å²) in [6.07, 6.45) is 0. The average molecular weight is 239 g/mol. The molecule has 0 saturated heterocycles. The molecule has 0 unspecified atom stereocenters. The predicted octanol–water partition coefficient (Wildman–Crippen LogP) is 3.51. The van der Waals surface area contributed by atoms with Crippen LogP contribution in [0, 0.1) is 6.92 Å². The molecule has 2 nitrogen and oxygen atoms in total. The summed E-state index contributed by atoms with van der Waals surface area (Å²) in [5, 5.41) is 0.591. The van der Waals surface area contributed by atoms with Gasteiger partial charge in [-0.1, -0.05) is 11.6 Å². The summed E-state index contributed by atoms with van der Waals surface area (Å²) >= 11 is 17.1. The van der Waals surface area contributed by atoms with Crippen molar-refractivity contribution < 1.29 is 9.47 Å². The van der Waals surface area contributed by atoms with Gasteiger partial charge in [0.25, 0.3) is 0 Å². The third-order valence-electron chi connectivity index (χ3n) is 1.68. The molecule has 0 spiro atoms. The van der Waals surface area contributed by atoms with Crippen LogP contribution in [0.5, 0.6) is 11.5 Å². The van der Waals surface area contributed by atoms with Crippen molar-refractivity contribution in [2.75, 3.05) is 0 Å². The maximum atomic E-state index is 5.86. The maximum Gasteiger partial charge on any atom is 0.419 e. The largest absolute Gasteiger partial charge is 0.423 e. The lowest BCUT2D eigenvalue weighted by Gasteiger charge is -2.09. The van der Waals surface area contributed by atoms with Gasteiger partial charge in [-0.15, -0.1) is 0 Å². The zero-order valence-corrected chi connectivity index (χ0v) is 8.87. The van der Waals surface area contributed by atoms with Crippen molar-refractivity contribution in [2.24, 2.45) is 0 Å². The molecule has 0 amide bonds. The van der Waals surface area contributed by atoms with Crippen LogP contribution in [0.1, 0.15) is 5.56 Å². The minimum absolute atomic E-state index is 0.459. The maximum absolute atomic E-state index is 5.86. The van der Waals surface area contributed by atoms with Crippen LogP contribution in [0.2, 0.25) is 5.02 Å². The van der Waals surface area contributed by atoms with Crippen molar-refractivity contribution in [1.82, 2.24) is 0 Å². The molecule has 0 aromatic heterocycles. The molecule has 0 radical (unpaired) electrons. The Morgan fingerprint density at radius 2 is 1.69 bits per heavy atom.